The monoisotopic (exact) mass is 296 g/mol. The molecular weight excluding hydrogens is 276 g/mol. The van der Waals surface area contributed by atoms with Crippen LogP contribution in [0.25, 0.3) is 0 Å². The minimum Gasteiger partial charge on any atom is -0.378 e. The molecular formula is C13H20N4O2S. The molecule has 0 N–H and O–H groups in total. The highest BCUT2D eigenvalue weighted by molar-refractivity contribution is 7.15. The third-order valence-electron chi connectivity index (χ3n) is 3.75. The molecule has 0 aromatic carbocycles. The fourth-order valence-electron chi connectivity index (χ4n) is 2.42. The van der Waals surface area contributed by atoms with Crippen molar-refractivity contribution in [2.75, 3.05) is 44.3 Å². The van der Waals surface area contributed by atoms with Gasteiger partial charge in [0.2, 0.25) is 11.0 Å². The van der Waals surface area contributed by atoms with Crippen LogP contribution >= 0.6 is 11.3 Å². The number of anilines is 1. The summed E-state index contributed by atoms with van der Waals surface area (Å²) >= 11 is 1.63. The first-order valence-corrected chi connectivity index (χ1v) is 7.91. The summed E-state index contributed by atoms with van der Waals surface area (Å²) in [4.78, 5) is 16.3. The summed E-state index contributed by atoms with van der Waals surface area (Å²) in [6.07, 6.45) is 0. The van der Waals surface area contributed by atoms with E-state index in [4.69, 9.17) is 4.74 Å². The third-order valence-corrected chi connectivity index (χ3v) is 5.03. The van der Waals surface area contributed by atoms with Crippen LogP contribution in [0, 0.1) is 5.92 Å². The zero-order chi connectivity index (χ0) is 14.1. The van der Waals surface area contributed by atoms with Crippen molar-refractivity contribution < 1.29 is 9.53 Å². The number of carbonyl (C=O) groups excluding carboxylic acids is 1. The topological polar surface area (TPSA) is 58.6 Å². The van der Waals surface area contributed by atoms with Gasteiger partial charge in [0.25, 0.3) is 0 Å². The van der Waals surface area contributed by atoms with Gasteiger partial charge in [-0.25, -0.2) is 0 Å². The lowest BCUT2D eigenvalue weighted by molar-refractivity contribution is -0.140. The molecule has 110 valence electrons. The Bertz CT molecular complexity index is 478. The van der Waals surface area contributed by atoms with Crippen molar-refractivity contribution in [2.24, 2.45) is 5.92 Å². The standard InChI is InChI=1S/C13H20N4O2S/c1-9(2)11-14-15-13(20-11)17-7-10(8-17)12(18)16-3-5-19-6-4-16/h9-10H,3-8H2,1-2H3. The fraction of sp³-hybridized carbons (Fsp3) is 0.769. The molecule has 2 fully saturated rings. The van der Waals surface area contributed by atoms with Crippen molar-refractivity contribution in [3.63, 3.8) is 0 Å². The Morgan fingerprint density at radius 2 is 2.00 bits per heavy atom. The van der Waals surface area contributed by atoms with E-state index in [1.165, 1.54) is 0 Å². The first-order chi connectivity index (χ1) is 9.65. The van der Waals surface area contributed by atoms with Gasteiger partial charge < -0.3 is 14.5 Å². The van der Waals surface area contributed by atoms with Crippen LogP contribution in [0.4, 0.5) is 5.13 Å². The Labute approximate surface area is 122 Å². The van der Waals surface area contributed by atoms with Gasteiger partial charge in [-0.1, -0.05) is 25.2 Å². The Kier molecular flexibility index (Phi) is 3.89. The Hall–Kier alpha value is -1.21. The molecule has 2 aliphatic heterocycles. The van der Waals surface area contributed by atoms with E-state index in [9.17, 15) is 4.79 Å². The van der Waals surface area contributed by atoms with Crippen LogP contribution < -0.4 is 4.90 Å². The first-order valence-electron chi connectivity index (χ1n) is 7.10. The summed E-state index contributed by atoms with van der Waals surface area (Å²) < 4.78 is 5.28. The number of rotatable bonds is 3. The maximum atomic E-state index is 12.3. The van der Waals surface area contributed by atoms with E-state index in [0.29, 0.717) is 19.1 Å². The molecule has 20 heavy (non-hydrogen) atoms. The van der Waals surface area contributed by atoms with Crippen molar-refractivity contribution in [3.8, 4) is 0 Å². The molecule has 2 aliphatic rings. The van der Waals surface area contributed by atoms with Crippen LogP contribution in [0.1, 0.15) is 24.8 Å². The highest BCUT2D eigenvalue weighted by Crippen LogP contribution is 2.31. The molecule has 1 amide bonds. The zero-order valence-corrected chi connectivity index (χ0v) is 12.7. The van der Waals surface area contributed by atoms with Gasteiger partial charge in [-0.2, -0.15) is 0 Å². The number of carbonyl (C=O) groups is 1. The van der Waals surface area contributed by atoms with Crippen LogP contribution in [0.3, 0.4) is 0 Å². The maximum absolute atomic E-state index is 12.3. The summed E-state index contributed by atoms with van der Waals surface area (Å²) in [6, 6.07) is 0. The summed E-state index contributed by atoms with van der Waals surface area (Å²) in [5.74, 6) is 0.783. The highest BCUT2D eigenvalue weighted by Gasteiger charge is 2.37. The van der Waals surface area contributed by atoms with Gasteiger partial charge in [-0.3, -0.25) is 4.79 Å². The molecule has 6 nitrogen and oxygen atoms in total. The maximum Gasteiger partial charge on any atom is 0.229 e. The van der Waals surface area contributed by atoms with E-state index in [1.54, 1.807) is 11.3 Å². The van der Waals surface area contributed by atoms with Crippen molar-refractivity contribution in [3.05, 3.63) is 5.01 Å². The van der Waals surface area contributed by atoms with Crippen molar-refractivity contribution >= 4 is 22.4 Å². The molecule has 0 saturated carbocycles. The number of ether oxygens (including phenoxy) is 1. The van der Waals surface area contributed by atoms with Gasteiger partial charge in [0.05, 0.1) is 19.1 Å². The Morgan fingerprint density at radius 1 is 1.30 bits per heavy atom. The summed E-state index contributed by atoms with van der Waals surface area (Å²) in [6.45, 7) is 8.55. The molecule has 1 aromatic heterocycles. The predicted octanol–water partition coefficient (Wildman–Crippen LogP) is 0.957. The molecule has 2 saturated heterocycles. The van der Waals surface area contributed by atoms with E-state index in [0.717, 1.165) is 36.3 Å². The van der Waals surface area contributed by atoms with E-state index in [1.807, 2.05) is 4.90 Å². The molecule has 0 aliphatic carbocycles. The second-order valence-corrected chi connectivity index (χ2v) is 6.60. The number of hydrogen-bond acceptors (Lipinski definition) is 6. The molecule has 1 aromatic rings. The second-order valence-electron chi connectivity index (χ2n) is 5.62. The Balaban J connectivity index is 1.53. The predicted molar refractivity (Wildman–Crippen MR) is 77.1 cm³/mol. The molecule has 0 radical (unpaired) electrons. The number of amides is 1. The van der Waals surface area contributed by atoms with Gasteiger partial charge in [0.15, 0.2) is 0 Å². The van der Waals surface area contributed by atoms with Gasteiger partial charge in [0.1, 0.15) is 5.01 Å². The smallest absolute Gasteiger partial charge is 0.229 e. The highest BCUT2D eigenvalue weighted by atomic mass is 32.1. The first kappa shape index (κ1) is 13.8. The van der Waals surface area contributed by atoms with Crippen molar-refractivity contribution in [1.82, 2.24) is 15.1 Å². The van der Waals surface area contributed by atoms with Crippen molar-refractivity contribution in [2.45, 2.75) is 19.8 Å². The van der Waals surface area contributed by atoms with E-state index in [-0.39, 0.29) is 11.8 Å². The van der Waals surface area contributed by atoms with Gasteiger partial charge >= 0.3 is 0 Å². The second kappa shape index (κ2) is 5.65. The molecule has 3 rings (SSSR count). The zero-order valence-electron chi connectivity index (χ0n) is 11.9. The Morgan fingerprint density at radius 3 is 2.60 bits per heavy atom. The van der Waals surface area contributed by atoms with Crippen LogP contribution in [-0.2, 0) is 9.53 Å². The minimum atomic E-state index is 0.111. The summed E-state index contributed by atoms with van der Waals surface area (Å²) in [5, 5.41) is 10.4. The van der Waals surface area contributed by atoms with Crippen LogP contribution in [0.2, 0.25) is 0 Å². The van der Waals surface area contributed by atoms with Crippen molar-refractivity contribution in [1.29, 1.82) is 0 Å². The average Bonchev–Trinajstić information content (AvgIpc) is 2.87. The molecule has 0 spiro atoms. The summed E-state index contributed by atoms with van der Waals surface area (Å²) in [7, 11) is 0. The van der Waals surface area contributed by atoms with Gasteiger partial charge in [-0.15, -0.1) is 10.2 Å². The molecule has 3 heterocycles. The quantitative estimate of drug-likeness (QED) is 0.831. The van der Waals surface area contributed by atoms with Gasteiger partial charge in [0, 0.05) is 32.1 Å². The number of morpholine rings is 1. The molecule has 0 unspecified atom stereocenters. The largest absolute Gasteiger partial charge is 0.378 e. The lowest BCUT2D eigenvalue weighted by atomic mass is 9.99. The summed E-state index contributed by atoms with van der Waals surface area (Å²) in [5.41, 5.74) is 0. The van der Waals surface area contributed by atoms with E-state index in [2.05, 4.69) is 28.9 Å². The lowest BCUT2D eigenvalue weighted by Crippen LogP contribution is -2.56. The van der Waals surface area contributed by atoms with Crippen LogP contribution in [0.5, 0.6) is 0 Å². The normalized spacial score (nSPS) is 20.4. The lowest BCUT2D eigenvalue weighted by Gasteiger charge is -2.41. The van der Waals surface area contributed by atoms with Crippen LogP contribution in [0.15, 0.2) is 0 Å². The third kappa shape index (κ3) is 2.64. The molecule has 7 heteroatoms. The van der Waals surface area contributed by atoms with E-state index < -0.39 is 0 Å². The SMILES string of the molecule is CC(C)c1nnc(N2CC(C(=O)N3CCOCC3)C2)s1. The number of nitrogens with zero attached hydrogens (tertiary/aromatic N) is 4. The molecule has 0 atom stereocenters. The molecule has 0 bridgehead atoms. The number of aromatic nitrogens is 2. The number of hydrogen-bond donors (Lipinski definition) is 0. The van der Waals surface area contributed by atoms with E-state index >= 15 is 0 Å². The van der Waals surface area contributed by atoms with Gasteiger partial charge in [-0.05, 0) is 0 Å². The fourth-order valence-corrected chi connectivity index (χ4v) is 3.28. The minimum absolute atomic E-state index is 0.111. The van der Waals surface area contributed by atoms with Crippen LogP contribution in [-0.4, -0.2) is 60.4 Å². The average molecular weight is 296 g/mol.